The average molecular weight is 182 g/mol. The molecule has 1 heterocycles. The second-order valence-corrected chi connectivity index (χ2v) is 2.41. The van der Waals surface area contributed by atoms with Crippen molar-refractivity contribution in [3.05, 3.63) is 36.2 Å². The van der Waals surface area contributed by atoms with E-state index in [1.165, 1.54) is 6.20 Å². The first-order valence-electron chi connectivity index (χ1n) is 3.27. The first-order chi connectivity index (χ1) is 5.84. The number of amides is 1. The molecule has 1 amide bonds. The van der Waals surface area contributed by atoms with E-state index in [1.54, 1.807) is 24.3 Å². The Labute approximate surface area is 71.3 Å². The predicted octanol–water partition coefficient (Wildman–Crippen LogP) is 0.866. The fourth-order valence-corrected chi connectivity index (χ4v) is 0.960. The van der Waals surface area contributed by atoms with E-state index < -0.39 is 0 Å². The standard InChI is InChI=1S/C7H7N2O2P/c10-7-6(9-12-11)4-2-1-3-5-8-7/h1-5H,(H,8,10)(H,9,11). The zero-order valence-electron chi connectivity index (χ0n) is 6.15. The summed E-state index contributed by atoms with van der Waals surface area (Å²) in [5.41, 5.74) is 0.271. The van der Waals surface area contributed by atoms with Gasteiger partial charge in [0.25, 0.3) is 14.5 Å². The maximum Gasteiger partial charge on any atom is 0.279 e. The summed E-state index contributed by atoms with van der Waals surface area (Å²) in [6.45, 7) is 0. The van der Waals surface area contributed by atoms with Gasteiger partial charge in [-0.2, -0.15) is 0 Å². The minimum Gasteiger partial charge on any atom is -0.327 e. The Morgan fingerprint density at radius 3 is 2.92 bits per heavy atom. The van der Waals surface area contributed by atoms with E-state index in [4.69, 9.17) is 0 Å². The van der Waals surface area contributed by atoms with E-state index >= 15 is 0 Å². The van der Waals surface area contributed by atoms with Crippen molar-refractivity contribution in [3.63, 3.8) is 0 Å². The smallest absolute Gasteiger partial charge is 0.279 e. The molecule has 12 heavy (non-hydrogen) atoms. The first-order valence-corrected chi connectivity index (χ1v) is 4.08. The van der Waals surface area contributed by atoms with Gasteiger partial charge in [-0.25, -0.2) is 4.57 Å². The van der Waals surface area contributed by atoms with E-state index in [0.29, 0.717) is 0 Å². The SMILES string of the molecule is O=PNC1=CC=CC=CNC1=O. The van der Waals surface area contributed by atoms with Crippen LogP contribution >= 0.6 is 8.61 Å². The van der Waals surface area contributed by atoms with Crippen LogP contribution in [0.2, 0.25) is 0 Å². The number of nitrogens with one attached hydrogen (secondary N) is 2. The minimum atomic E-state index is -0.307. The summed E-state index contributed by atoms with van der Waals surface area (Å²) in [5, 5.41) is 4.86. The molecule has 0 aliphatic carbocycles. The highest BCUT2D eigenvalue weighted by Gasteiger charge is 2.05. The molecular weight excluding hydrogens is 175 g/mol. The van der Waals surface area contributed by atoms with Crippen LogP contribution in [0, 0.1) is 0 Å². The largest absolute Gasteiger partial charge is 0.327 e. The highest BCUT2D eigenvalue weighted by Crippen LogP contribution is 1.98. The van der Waals surface area contributed by atoms with Gasteiger partial charge in [-0.05, 0) is 12.2 Å². The molecule has 0 bridgehead atoms. The third kappa shape index (κ3) is 2.32. The van der Waals surface area contributed by atoms with Gasteiger partial charge in [-0.1, -0.05) is 12.2 Å². The number of hydrogen-bond acceptors (Lipinski definition) is 2. The van der Waals surface area contributed by atoms with Crippen LogP contribution in [0.1, 0.15) is 0 Å². The van der Waals surface area contributed by atoms with Crippen LogP contribution in [0.4, 0.5) is 0 Å². The molecule has 1 rings (SSSR count). The van der Waals surface area contributed by atoms with Gasteiger partial charge in [-0.15, -0.1) is 0 Å². The first kappa shape index (κ1) is 8.68. The molecule has 0 aromatic rings. The molecular formula is C7H7N2O2P. The Morgan fingerprint density at radius 1 is 1.33 bits per heavy atom. The van der Waals surface area contributed by atoms with Gasteiger partial charge in [0.05, 0.1) is 0 Å². The molecule has 0 fully saturated rings. The maximum absolute atomic E-state index is 11.1. The normalized spacial score (nSPS) is 16.3. The monoisotopic (exact) mass is 182 g/mol. The van der Waals surface area contributed by atoms with Crippen molar-refractivity contribution >= 4 is 14.5 Å². The van der Waals surface area contributed by atoms with Crippen LogP contribution in [0.5, 0.6) is 0 Å². The average Bonchev–Trinajstić information content (AvgIpc) is 2.05. The van der Waals surface area contributed by atoms with Crippen LogP contribution in [0.25, 0.3) is 0 Å². The van der Waals surface area contributed by atoms with Gasteiger partial charge in [0, 0.05) is 6.20 Å². The summed E-state index contributed by atoms with van der Waals surface area (Å²) in [7, 11) is -0.288. The zero-order valence-corrected chi connectivity index (χ0v) is 7.04. The quantitative estimate of drug-likeness (QED) is 0.623. The summed E-state index contributed by atoms with van der Waals surface area (Å²) < 4.78 is 10.1. The molecule has 0 radical (unpaired) electrons. The van der Waals surface area contributed by atoms with Gasteiger partial charge >= 0.3 is 0 Å². The molecule has 1 aliphatic rings. The third-order valence-corrected chi connectivity index (χ3v) is 1.54. The van der Waals surface area contributed by atoms with Crippen LogP contribution in [0.3, 0.4) is 0 Å². The van der Waals surface area contributed by atoms with E-state index in [-0.39, 0.29) is 20.2 Å². The second kappa shape index (κ2) is 4.46. The Kier molecular flexibility index (Phi) is 3.23. The molecule has 1 aliphatic heterocycles. The van der Waals surface area contributed by atoms with E-state index in [9.17, 15) is 9.36 Å². The van der Waals surface area contributed by atoms with Gasteiger partial charge in [0.2, 0.25) is 0 Å². The fourth-order valence-electron chi connectivity index (χ4n) is 0.686. The molecule has 5 heteroatoms. The molecule has 0 saturated carbocycles. The number of rotatable bonds is 2. The highest BCUT2D eigenvalue weighted by atomic mass is 31.1. The predicted molar refractivity (Wildman–Crippen MR) is 45.2 cm³/mol. The molecule has 0 aromatic heterocycles. The fraction of sp³-hybridized carbons (Fsp3) is 0. The van der Waals surface area contributed by atoms with Gasteiger partial charge in [-0.3, -0.25) is 4.79 Å². The van der Waals surface area contributed by atoms with E-state index in [1.807, 2.05) is 0 Å². The lowest BCUT2D eigenvalue weighted by Crippen LogP contribution is -2.24. The maximum atomic E-state index is 11.1. The van der Waals surface area contributed by atoms with Crippen molar-refractivity contribution in [2.75, 3.05) is 0 Å². The Hall–Kier alpha value is -1.41. The van der Waals surface area contributed by atoms with Gasteiger partial charge in [0.1, 0.15) is 5.70 Å². The second-order valence-electron chi connectivity index (χ2n) is 2.00. The summed E-state index contributed by atoms with van der Waals surface area (Å²) in [4.78, 5) is 11.1. The zero-order chi connectivity index (χ0) is 8.81. The van der Waals surface area contributed by atoms with Crippen LogP contribution in [-0.4, -0.2) is 5.91 Å². The van der Waals surface area contributed by atoms with Crippen LogP contribution < -0.4 is 10.4 Å². The number of carbonyl (C=O) groups excluding carboxylic acids is 1. The Bertz CT molecular complexity index is 281. The Balaban J connectivity index is 2.80. The molecule has 2 N–H and O–H groups in total. The molecule has 0 aromatic carbocycles. The van der Waals surface area contributed by atoms with Crippen molar-refractivity contribution in [3.8, 4) is 0 Å². The highest BCUT2D eigenvalue weighted by molar-refractivity contribution is 7.21. The van der Waals surface area contributed by atoms with Crippen molar-refractivity contribution in [1.82, 2.24) is 10.4 Å². The molecule has 0 unspecified atom stereocenters. The lowest BCUT2D eigenvalue weighted by atomic mass is 10.3. The Morgan fingerprint density at radius 2 is 2.17 bits per heavy atom. The molecule has 0 saturated heterocycles. The number of carbonyl (C=O) groups is 1. The van der Waals surface area contributed by atoms with Gasteiger partial charge in [0.15, 0.2) is 0 Å². The van der Waals surface area contributed by atoms with Crippen molar-refractivity contribution in [2.24, 2.45) is 0 Å². The van der Waals surface area contributed by atoms with Crippen molar-refractivity contribution in [2.45, 2.75) is 0 Å². The summed E-state index contributed by atoms with van der Waals surface area (Å²) in [6.07, 6.45) is 8.19. The summed E-state index contributed by atoms with van der Waals surface area (Å²) in [6, 6.07) is 0. The van der Waals surface area contributed by atoms with E-state index in [0.717, 1.165) is 0 Å². The summed E-state index contributed by atoms with van der Waals surface area (Å²) in [5.74, 6) is -0.307. The summed E-state index contributed by atoms with van der Waals surface area (Å²) >= 11 is 0. The molecule has 0 atom stereocenters. The van der Waals surface area contributed by atoms with Gasteiger partial charge < -0.3 is 10.4 Å². The topological polar surface area (TPSA) is 58.2 Å². The number of hydrogen-bond donors (Lipinski definition) is 2. The minimum absolute atomic E-state index is 0.271. The number of allylic oxidation sites excluding steroid dienone is 4. The molecule has 4 nitrogen and oxygen atoms in total. The van der Waals surface area contributed by atoms with Crippen molar-refractivity contribution < 1.29 is 9.36 Å². The van der Waals surface area contributed by atoms with Crippen LogP contribution in [-0.2, 0) is 9.36 Å². The molecule has 62 valence electrons. The lowest BCUT2D eigenvalue weighted by Gasteiger charge is -2.03. The van der Waals surface area contributed by atoms with Crippen LogP contribution in [0.15, 0.2) is 36.2 Å². The third-order valence-electron chi connectivity index (χ3n) is 1.21. The van der Waals surface area contributed by atoms with E-state index in [2.05, 4.69) is 10.4 Å². The van der Waals surface area contributed by atoms with Crippen molar-refractivity contribution in [1.29, 1.82) is 0 Å². The molecule has 0 spiro atoms. The lowest BCUT2D eigenvalue weighted by molar-refractivity contribution is -0.116.